The largest absolute Gasteiger partial charge is 0.457 e. The summed E-state index contributed by atoms with van der Waals surface area (Å²) in [7, 11) is 0. The number of likely N-dealkylation sites (tertiary alicyclic amines) is 1. The Balaban J connectivity index is 1.45. The monoisotopic (exact) mass is 446 g/mol. The fourth-order valence-electron chi connectivity index (χ4n) is 3.74. The van der Waals surface area contributed by atoms with Crippen LogP contribution in [-0.4, -0.2) is 43.7 Å². The molecule has 1 saturated heterocycles. The number of alkyl halides is 4. The Morgan fingerprint density at radius 1 is 1.06 bits per heavy atom. The van der Waals surface area contributed by atoms with E-state index in [-0.39, 0.29) is 5.91 Å². The van der Waals surface area contributed by atoms with Gasteiger partial charge in [-0.2, -0.15) is 13.2 Å². The SMILES string of the molecule is O=C(c1ccc2c(Oc3ccc(C(F)(F)F)cc3)cccc2c1)N1CC(CNCCF)C1. The Hall–Kier alpha value is -3.13. The topological polar surface area (TPSA) is 41.6 Å². The zero-order valence-electron chi connectivity index (χ0n) is 17.2. The van der Waals surface area contributed by atoms with E-state index in [1.54, 1.807) is 35.2 Å². The van der Waals surface area contributed by atoms with Crippen molar-refractivity contribution in [3.8, 4) is 11.5 Å². The number of nitrogens with one attached hydrogen (secondary N) is 1. The molecule has 0 saturated carbocycles. The van der Waals surface area contributed by atoms with Gasteiger partial charge >= 0.3 is 6.18 Å². The molecule has 1 fully saturated rings. The molecule has 1 aliphatic rings. The Morgan fingerprint density at radius 3 is 2.50 bits per heavy atom. The molecule has 8 heteroatoms. The van der Waals surface area contributed by atoms with Crippen LogP contribution in [0.15, 0.2) is 60.7 Å². The van der Waals surface area contributed by atoms with Gasteiger partial charge in [-0.05, 0) is 53.9 Å². The van der Waals surface area contributed by atoms with Gasteiger partial charge in [0.25, 0.3) is 5.91 Å². The van der Waals surface area contributed by atoms with Crippen LogP contribution in [0.1, 0.15) is 15.9 Å². The zero-order valence-corrected chi connectivity index (χ0v) is 17.2. The third-order valence-corrected chi connectivity index (χ3v) is 5.45. The van der Waals surface area contributed by atoms with Crippen LogP contribution >= 0.6 is 0 Å². The molecule has 4 rings (SSSR count). The fraction of sp³-hybridized carbons (Fsp3) is 0.292. The van der Waals surface area contributed by atoms with Gasteiger partial charge < -0.3 is 15.0 Å². The molecule has 0 aliphatic carbocycles. The van der Waals surface area contributed by atoms with E-state index in [0.29, 0.717) is 49.2 Å². The molecule has 0 radical (unpaired) electrons. The molecule has 1 aliphatic heterocycles. The van der Waals surface area contributed by atoms with Gasteiger partial charge in [-0.1, -0.05) is 12.1 Å². The number of rotatable bonds is 7. The lowest BCUT2D eigenvalue weighted by Crippen LogP contribution is -2.53. The molecule has 1 heterocycles. The number of carbonyl (C=O) groups excluding carboxylic acids is 1. The van der Waals surface area contributed by atoms with E-state index in [4.69, 9.17) is 4.74 Å². The van der Waals surface area contributed by atoms with Crippen molar-refractivity contribution in [2.75, 3.05) is 32.9 Å². The molecule has 168 valence electrons. The summed E-state index contributed by atoms with van der Waals surface area (Å²) in [5, 5.41) is 4.56. The summed E-state index contributed by atoms with van der Waals surface area (Å²) < 4.78 is 56.2. The minimum absolute atomic E-state index is 0.0669. The van der Waals surface area contributed by atoms with Crippen molar-refractivity contribution in [2.24, 2.45) is 5.92 Å². The molecule has 1 N–H and O–H groups in total. The molecule has 3 aromatic rings. The lowest BCUT2D eigenvalue weighted by atomic mass is 9.98. The van der Waals surface area contributed by atoms with E-state index in [0.717, 1.165) is 22.9 Å². The Labute approximate surface area is 182 Å². The van der Waals surface area contributed by atoms with E-state index in [2.05, 4.69) is 5.32 Å². The summed E-state index contributed by atoms with van der Waals surface area (Å²) in [5.41, 5.74) is -0.184. The van der Waals surface area contributed by atoms with Crippen LogP contribution in [0.2, 0.25) is 0 Å². The van der Waals surface area contributed by atoms with Crippen LogP contribution in [0.3, 0.4) is 0 Å². The van der Waals surface area contributed by atoms with Crippen LogP contribution in [0.25, 0.3) is 10.8 Å². The molecule has 0 spiro atoms. The van der Waals surface area contributed by atoms with Crippen LogP contribution < -0.4 is 10.1 Å². The van der Waals surface area contributed by atoms with E-state index < -0.39 is 18.4 Å². The summed E-state index contributed by atoms with van der Waals surface area (Å²) >= 11 is 0. The summed E-state index contributed by atoms with van der Waals surface area (Å²) in [5.74, 6) is 1.04. The second kappa shape index (κ2) is 9.16. The normalized spacial score (nSPS) is 14.4. The highest BCUT2D eigenvalue weighted by Crippen LogP contribution is 2.34. The molecule has 32 heavy (non-hydrogen) atoms. The van der Waals surface area contributed by atoms with E-state index >= 15 is 0 Å². The first-order valence-corrected chi connectivity index (χ1v) is 10.3. The van der Waals surface area contributed by atoms with E-state index in [1.165, 1.54) is 12.1 Å². The van der Waals surface area contributed by atoms with Crippen molar-refractivity contribution < 1.29 is 27.1 Å². The van der Waals surface area contributed by atoms with Gasteiger partial charge in [0.2, 0.25) is 0 Å². The zero-order chi connectivity index (χ0) is 22.7. The quantitative estimate of drug-likeness (QED) is 0.397. The van der Waals surface area contributed by atoms with Gasteiger partial charge in [0, 0.05) is 43.0 Å². The number of hydrogen-bond acceptors (Lipinski definition) is 3. The predicted octanol–water partition coefficient (Wildman–Crippen LogP) is 5.28. The minimum atomic E-state index is -4.40. The molecule has 0 atom stereocenters. The number of nitrogens with zero attached hydrogens (tertiary/aromatic N) is 1. The first-order chi connectivity index (χ1) is 15.3. The number of benzene rings is 3. The van der Waals surface area contributed by atoms with Crippen molar-refractivity contribution in [1.29, 1.82) is 0 Å². The number of amides is 1. The average molecular weight is 446 g/mol. The lowest BCUT2D eigenvalue weighted by Gasteiger charge is -2.39. The second-order valence-electron chi connectivity index (χ2n) is 7.79. The molecule has 3 aromatic carbocycles. The highest BCUT2D eigenvalue weighted by atomic mass is 19.4. The second-order valence-corrected chi connectivity index (χ2v) is 7.79. The highest BCUT2D eigenvalue weighted by molar-refractivity contribution is 6.00. The number of carbonyl (C=O) groups is 1. The maximum absolute atomic E-state index is 12.8. The smallest absolute Gasteiger partial charge is 0.416 e. The van der Waals surface area contributed by atoms with Crippen molar-refractivity contribution in [1.82, 2.24) is 10.2 Å². The summed E-state index contributed by atoms with van der Waals surface area (Å²) in [6, 6.07) is 15.1. The van der Waals surface area contributed by atoms with Crippen molar-refractivity contribution >= 4 is 16.7 Å². The Bertz CT molecular complexity index is 1090. The molecular formula is C24H22F4N2O2. The Morgan fingerprint density at radius 2 is 1.81 bits per heavy atom. The first kappa shape index (κ1) is 22.1. The van der Waals surface area contributed by atoms with Gasteiger partial charge in [-0.25, -0.2) is 4.39 Å². The molecule has 0 unspecified atom stereocenters. The summed E-state index contributed by atoms with van der Waals surface area (Å²) in [6.45, 7) is 1.87. The number of ether oxygens (including phenoxy) is 1. The predicted molar refractivity (Wildman–Crippen MR) is 114 cm³/mol. The van der Waals surface area contributed by atoms with Gasteiger partial charge in [-0.3, -0.25) is 4.79 Å². The molecule has 0 bridgehead atoms. The third kappa shape index (κ3) is 4.85. The third-order valence-electron chi connectivity index (χ3n) is 5.45. The number of hydrogen-bond donors (Lipinski definition) is 1. The van der Waals surface area contributed by atoms with Crippen molar-refractivity contribution in [2.45, 2.75) is 6.18 Å². The van der Waals surface area contributed by atoms with Gasteiger partial charge in [0.15, 0.2) is 0 Å². The van der Waals surface area contributed by atoms with Crippen LogP contribution in [0.4, 0.5) is 17.6 Å². The maximum Gasteiger partial charge on any atom is 0.416 e. The average Bonchev–Trinajstić information content (AvgIpc) is 2.74. The lowest BCUT2D eigenvalue weighted by molar-refractivity contribution is -0.137. The highest BCUT2D eigenvalue weighted by Gasteiger charge is 2.31. The standard InChI is InChI=1S/C24H22F4N2O2/c25-10-11-29-13-16-14-30(15-16)23(31)18-4-9-21-17(12-18)2-1-3-22(21)32-20-7-5-19(6-8-20)24(26,27)28/h1-9,12,16,29H,10-11,13-15H2. The Kier molecular flexibility index (Phi) is 6.32. The molecule has 1 amide bonds. The fourth-order valence-corrected chi connectivity index (χ4v) is 3.74. The van der Waals surface area contributed by atoms with Gasteiger partial charge in [0.05, 0.1) is 5.56 Å². The minimum Gasteiger partial charge on any atom is -0.457 e. The van der Waals surface area contributed by atoms with E-state index in [1.807, 2.05) is 6.07 Å². The van der Waals surface area contributed by atoms with Crippen LogP contribution in [0.5, 0.6) is 11.5 Å². The number of halogens is 4. The number of fused-ring (bicyclic) bond motifs is 1. The molecular weight excluding hydrogens is 424 g/mol. The van der Waals surface area contributed by atoms with Crippen molar-refractivity contribution in [3.63, 3.8) is 0 Å². The molecule has 0 aromatic heterocycles. The first-order valence-electron chi connectivity index (χ1n) is 10.3. The van der Waals surface area contributed by atoms with Gasteiger partial charge in [0.1, 0.15) is 18.2 Å². The summed E-state index contributed by atoms with van der Waals surface area (Å²) in [4.78, 5) is 14.5. The molecule has 4 nitrogen and oxygen atoms in total. The van der Waals surface area contributed by atoms with E-state index in [9.17, 15) is 22.4 Å². The summed E-state index contributed by atoms with van der Waals surface area (Å²) in [6.07, 6.45) is -4.40. The van der Waals surface area contributed by atoms with Crippen LogP contribution in [0, 0.1) is 5.92 Å². The van der Waals surface area contributed by atoms with Gasteiger partial charge in [-0.15, -0.1) is 0 Å². The van der Waals surface area contributed by atoms with Crippen molar-refractivity contribution in [3.05, 3.63) is 71.8 Å². The van der Waals surface area contributed by atoms with Crippen LogP contribution in [-0.2, 0) is 6.18 Å². The maximum atomic E-state index is 12.8.